The van der Waals surface area contributed by atoms with E-state index in [-0.39, 0.29) is 17.2 Å². The Morgan fingerprint density at radius 3 is 2.67 bits per heavy atom. The second-order valence-corrected chi connectivity index (χ2v) is 5.16. The van der Waals surface area contributed by atoms with Crippen LogP contribution in [0.15, 0.2) is 29.2 Å². The van der Waals surface area contributed by atoms with Crippen LogP contribution in [0.25, 0.3) is 0 Å². The molecule has 98 valence electrons. The Balaban J connectivity index is 3.04. The summed E-state index contributed by atoms with van der Waals surface area (Å²) in [5.41, 5.74) is -0.257. The molecule has 0 bridgehead atoms. The molecule has 0 amide bonds. The van der Waals surface area contributed by atoms with Gasteiger partial charge in [-0.3, -0.25) is 19.1 Å². The topological polar surface area (TPSA) is 86.5 Å². The molecule has 0 saturated carbocycles. The lowest BCUT2D eigenvalue weighted by molar-refractivity contribution is -0.387. The summed E-state index contributed by atoms with van der Waals surface area (Å²) in [5, 5.41) is 9.86. The van der Waals surface area contributed by atoms with Crippen LogP contribution < -0.4 is 0 Å². The van der Waals surface area contributed by atoms with Gasteiger partial charge in [0.25, 0.3) is 5.69 Å². The predicted molar refractivity (Wildman–Crippen MR) is 65.6 cm³/mol. The van der Waals surface area contributed by atoms with Crippen LogP contribution in [-0.4, -0.2) is 27.0 Å². The lowest BCUT2D eigenvalue weighted by atomic mass is 10.3. The first-order valence-electron chi connectivity index (χ1n) is 5.29. The summed E-state index contributed by atoms with van der Waals surface area (Å²) < 4.78 is 16.8. The molecule has 0 fully saturated rings. The van der Waals surface area contributed by atoms with Crippen LogP contribution in [0, 0.1) is 10.1 Å². The first kappa shape index (κ1) is 14.3. The predicted octanol–water partition coefficient (Wildman–Crippen LogP) is 1.65. The lowest BCUT2D eigenvalue weighted by Gasteiger charge is -2.10. The third kappa shape index (κ3) is 3.13. The first-order valence-corrected chi connectivity index (χ1v) is 6.51. The van der Waals surface area contributed by atoms with Gasteiger partial charge < -0.3 is 4.74 Å². The van der Waals surface area contributed by atoms with E-state index in [9.17, 15) is 19.1 Å². The van der Waals surface area contributed by atoms with Crippen molar-refractivity contribution >= 4 is 22.5 Å². The van der Waals surface area contributed by atoms with Crippen LogP contribution in [-0.2, 0) is 20.3 Å². The van der Waals surface area contributed by atoms with E-state index in [4.69, 9.17) is 4.74 Å². The van der Waals surface area contributed by atoms with Crippen molar-refractivity contribution in [2.45, 2.75) is 24.0 Å². The highest BCUT2D eigenvalue weighted by Gasteiger charge is 2.27. The van der Waals surface area contributed by atoms with E-state index in [1.807, 2.05) is 0 Å². The molecule has 0 aliphatic rings. The normalized spacial score (nSPS) is 13.7. The summed E-state index contributed by atoms with van der Waals surface area (Å²) in [6.45, 7) is 3.24. The van der Waals surface area contributed by atoms with Crippen LogP contribution in [0.1, 0.15) is 13.8 Å². The zero-order chi connectivity index (χ0) is 13.7. The minimum absolute atomic E-state index is 0.0306. The smallest absolute Gasteiger partial charge is 0.321 e. The zero-order valence-corrected chi connectivity index (χ0v) is 10.8. The van der Waals surface area contributed by atoms with Gasteiger partial charge in [0.2, 0.25) is 0 Å². The number of rotatable bonds is 5. The third-order valence-electron chi connectivity index (χ3n) is 2.22. The summed E-state index contributed by atoms with van der Waals surface area (Å²) in [7, 11) is -1.81. The SMILES string of the molecule is CCOC(=O)C(C)S(=O)c1ccccc1[N+](=O)[O-]. The molecule has 2 unspecified atom stereocenters. The van der Waals surface area contributed by atoms with E-state index in [2.05, 4.69) is 0 Å². The summed E-state index contributed by atoms with van der Waals surface area (Å²) >= 11 is 0. The van der Waals surface area contributed by atoms with E-state index < -0.39 is 26.9 Å². The highest BCUT2D eigenvalue weighted by atomic mass is 32.2. The number of benzene rings is 1. The first-order chi connectivity index (χ1) is 8.49. The molecule has 0 spiro atoms. The van der Waals surface area contributed by atoms with E-state index in [1.165, 1.54) is 31.2 Å². The van der Waals surface area contributed by atoms with E-state index >= 15 is 0 Å². The minimum atomic E-state index is -1.81. The maximum Gasteiger partial charge on any atom is 0.321 e. The molecule has 1 aromatic rings. The molecule has 1 aromatic carbocycles. The standard InChI is InChI=1S/C11H13NO5S/c1-3-17-11(13)8(2)18(16)10-7-5-4-6-9(10)12(14)15/h4-8H,3H2,1-2H3. The van der Waals surface area contributed by atoms with Crippen LogP contribution >= 0.6 is 0 Å². The van der Waals surface area contributed by atoms with Crippen molar-refractivity contribution in [1.82, 2.24) is 0 Å². The number of carbonyl (C=O) groups excluding carboxylic acids is 1. The maximum atomic E-state index is 12.1. The van der Waals surface area contributed by atoms with Gasteiger partial charge in [0.05, 0.1) is 22.3 Å². The molecule has 18 heavy (non-hydrogen) atoms. The number of hydrogen-bond acceptors (Lipinski definition) is 5. The second kappa shape index (κ2) is 6.25. The Kier molecular flexibility index (Phi) is 4.96. The number of esters is 1. The molecule has 0 aliphatic carbocycles. The molecule has 6 nitrogen and oxygen atoms in total. The lowest BCUT2D eigenvalue weighted by Crippen LogP contribution is -2.25. The molecule has 2 atom stereocenters. The monoisotopic (exact) mass is 271 g/mol. The van der Waals surface area contributed by atoms with Gasteiger partial charge in [-0.05, 0) is 19.9 Å². The fourth-order valence-electron chi connectivity index (χ4n) is 1.32. The van der Waals surface area contributed by atoms with Gasteiger partial charge in [-0.2, -0.15) is 0 Å². The molecular weight excluding hydrogens is 258 g/mol. The molecule has 0 N–H and O–H groups in total. The highest BCUT2D eigenvalue weighted by molar-refractivity contribution is 7.86. The average Bonchev–Trinajstić information content (AvgIpc) is 2.37. The van der Waals surface area contributed by atoms with Crippen molar-refractivity contribution in [1.29, 1.82) is 0 Å². The molecule has 0 aliphatic heterocycles. The van der Waals surface area contributed by atoms with Crippen LogP contribution in [0.2, 0.25) is 0 Å². The summed E-state index contributed by atoms with van der Waals surface area (Å²) in [4.78, 5) is 21.7. The third-order valence-corrected chi connectivity index (χ3v) is 3.83. The van der Waals surface area contributed by atoms with Crippen molar-refractivity contribution < 1.29 is 18.7 Å². The van der Waals surface area contributed by atoms with Gasteiger partial charge in [0.15, 0.2) is 0 Å². The van der Waals surface area contributed by atoms with Crippen molar-refractivity contribution in [2.75, 3.05) is 6.61 Å². The van der Waals surface area contributed by atoms with Gasteiger partial charge in [-0.25, -0.2) is 0 Å². The molecule has 0 saturated heterocycles. The van der Waals surface area contributed by atoms with E-state index in [0.29, 0.717) is 0 Å². The van der Waals surface area contributed by atoms with Crippen molar-refractivity contribution in [3.8, 4) is 0 Å². The number of ether oxygens (including phenoxy) is 1. The fraction of sp³-hybridized carbons (Fsp3) is 0.364. The Labute approximate surface area is 107 Å². The van der Waals surface area contributed by atoms with Gasteiger partial charge in [0, 0.05) is 6.07 Å². The molecule has 0 heterocycles. The van der Waals surface area contributed by atoms with E-state index in [1.54, 1.807) is 6.92 Å². The second-order valence-electron chi connectivity index (χ2n) is 3.42. The Hall–Kier alpha value is -1.76. The van der Waals surface area contributed by atoms with Crippen LogP contribution in [0.5, 0.6) is 0 Å². The zero-order valence-electron chi connectivity index (χ0n) is 9.99. The van der Waals surface area contributed by atoms with Gasteiger partial charge in [0.1, 0.15) is 10.1 Å². The summed E-state index contributed by atoms with van der Waals surface area (Å²) in [6.07, 6.45) is 0. The van der Waals surface area contributed by atoms with E-state index in [0.717, 1.165) is 0 Å². The van der Waals surface area contributed by atoms with Crippen molar-refractivity contribution in [3.63, 3.8) is 0 Å². The Morgan fingerprint density at radius 2 is 2.11 bits per heavy atom. The maximum absolute atomic E-state index is 12.1. The number of hydrogen-bond donors (Lipinski definition) is 0. The number of nitro groups is 1. The van der Waals surface area contributed by atoms with Gasteiger partial charge in [-0.1, -0.05) is 12.1 Å². The molecule has 0 radical (unpaired) electrons. The average molecular weight is 271 g/mol. The number of nitrogens with zero attached hydrogens (tertiary/aromatic N) is 1. The Morgan fingerprint density at radius 1 is 1.50 bits per heavy atom. The van der Waals surface area contributed by atoms with Gasteiger partial charge >= 0.3 is 5.97 Å². The molecule has 1 rings (SSSR count). The molecular formula is C11H13NO5S. The van der Waals surface area contributed by atoms with Crippen LogP contribution in [0.3, 0.4) is 0 Å². The van der Waals surface area contributed by atoms with Crippen molar-refractivity contribution in [2.24, 2.45) is 0 Å². The summed E-state index contributed by atoms with van der Waals surface area (Å²) in [5.74, 6) is -0.631. The largest absolute Gasteiger partial charge is 0.465 e. The quantitative estimate of drug-likeness (QED) is 0.461. The fourth-order valence-corrected chi connectivity index (χ4v) is 2.50. The van der Waals surface area contributed by atoms with Gasteiger partial charge in [-0.15, -0.1) is 0 Å². The summed E-state index contributed by atoms with van der Waals surface area (Å²) in [6, 6.07) is 5.65. The number of carbonyl (C=O) groups is 1. The Bertz CT molecular complexity index is 488. The van der Waals surface area contributed by atoms with Crippen molar-refractivity contribution in [3.05, 3.63) is 34.4 Å². The highest BCUT2D eigenvalue weighted by Crippen LogP contribution is 2.23. The van der Waals surface area contributed by atoms with Crippen LogP contribution in [0.4, 0.5) is 5.69 Å². The molecule has 0 aromatic heterocycles. The number of nitro benzene ring substituents is 1. The molecule has 7 heteroatoms. The minimum Gasteiger partial charge on any atom is -0.465 e. The number of para-hydroxylation sites is 1.